The van der Waals surface area contributed by atoms with Gasteiger partial charge >= 0.3 is 6.09 Å². The van der Waals surface area contributed by atoms with Gasteiger partial charge < -0.3 is 39.9 Å². The highest BCUT2D eigenvalue weighted by molar-refractivity contribution is 5.88. The molecule has 3 fully saturated rings. The van der Waals surface area contributed by atoms with Crippen LogP contribution in [0.15, 0.2) is 97.3 Å². The van der Waals surface area contributed by atoms with Crippen molar-refractivity contribution in [1.29, 1.82) is 0 Å². The zero-order valence-electron chi connectivity index (χ0n) is 34.5. The summed E-state index contributed by atoms with van der Waals surface area (Å²) in [5, 5.41) is 6.50. The number of imidazole rings is 2. The van der Waals surface area contributed by atoms with Gasteiger partial charge in [0.15, 0.2) is 0 Å². The number of rotatable bonds is 12. The first kappa shape index (κ1) is 40.5. The Kier molecular flexibility index (Phi) is 11.8. The Balaban J connectivity index is 0.868. The van der Waals surface area contributed by atoms with Gasteiger partial charge in [-0.2, -0.15) is 0 Å². The summed E-state index contributed by atoms with van der Waals surface area (Å²) in [6.45, 7) is 2.28. The molecule has 0 radical (unpaired) electrons. The predicted molar refractivity (Wildman–Crippen MR) is 231 cm³/mol. The molecule has 4 N–H and O–H groups in total. The van der Waals surface area contributed by atoms with E-state index >= 15 is 0 Å². The van der Waals surface area contributed by atoms with E-state index in [0.29, 0.717) is 51.4 Å². The zero-order chi connectivity index (χ0) is 42.6. The van der Waals surface area contributed by atoms with Crippen LogP contribution in [0.4, 0.5) is 4.79 Å². The van der Waals surface area contributed by atoms with Crippen LogP contribution in [-0.2, 0) is 23.9 Å². The van der Waals surface area contributed by atoms with E-state index in [1.165, 1.54) is 7.11 Å². The highest BCUT2D eigenvalue weighted by Crippen LogP contribution is 2.36. The SMILES string of the molecule is COC(=O)N[C@H](C(=O)N1CCC[C@H]1c1ncc(-c2ccc(-c3ccc4cc(-c5cnc([C@@H]6CCCN6C(=O)[C@H](NC=O)c6ccccc6)[nH]5)ccc4n3)cc2)[nH]1)C1CCOCC1. The number of amides is 4. The number of aromatic amines is 2. The molecule has 0 unspecified atom stereocenters. The monoisotopic (exact) mass is 835 g/mol. The number of alkyl carbamates (subject to hydrolysis) is 1. The molecule has 15 nitrogen and oxygen atoms in total. The number of benzene rings is 3. The lowest BCUT2D eigenvalue weighted by atomic mass is 9.90. The van der Waals surface area contributed by atoms with Crippen molar-refractivity contribution in [2.75, 3.05) is 33.4 Å². The smallest absolute Gasteiger partial charge is 0.407 e. The molecule has 0 bridgehead atoms. The van der Waals surface area contributed by atoms with E-state index in [2.05, 4.69) is 32.7 Å². The Labute approximate surface area is 358 Å². The van der Waals surface area contributed by atoms with Crippen LogP contribution in [0.1, 0.15) is 73.9 Å². The summed E-state index contributed by atoms with van der Waals surface area (Å²) in [6, 6.07) is 25.7. The third kappa shape index (κ3) is 8.27. The van der Waals surface area contributed by atoms with Crippen molar-refractivity contribution in [3.05, 3.63) is 115 Å². The van der Waals surface area contributed by atoms with Gasteiger partial charge in [-0.3, -0.25) is 14.4 Å². The number of hydrogen-bond acceptors (Lipinski definition) is 9. The van der Waals surface area contributed by atoms with Crippen molar-refractivity contribution < 1.29 is 28.7 Å². The number of aromatic nitrogens is 5. The number of nitrogens with zero attached hydrogens (tertiary/aromatic N) is 5. The van der Waals surface area contributed by atoms with Gasteiger partial charge in [0.1, 0.15) is 23.7 Å². The Bertz CT molecular complexity index is 2550. The van der Waals surface area contributed by atoms with Crippen LogP contribution in [0.5, 0.6) is 0 Å². The summed E-state index contributed by atoms with van der Waals surface area (Å²) in [5.74, 6) is 1.13. The van der Waals surface area contributed by atoms with E-state index in [1.807, 2.05) is 82.6 Å². The number of pyridine rings is 1. The molecule has 4 atom stereocenters. The Morgan fingerprint density at radius 2 is 1.40 bits per heavy atom. The molecule has 3 aromatic carbocycles. The molecule has 6 aromatic rings. The third-order valence-electron chi connectivity index (χ3n) is 12.5. The lowest BCUT2D eigenvalue weighted by Gasteiger charge is -2.34. The second-order valence-corrected chi connectivity index (χ2v) is 16.1. The maximum Gasteiger partial charge on any atom is 0.407 e. The van der Waals surface area contributed by atoms with E-state index in [9.17, 15) is 19.2 Å². The van der Waals surface area contributed by atoms with E-state index < -0.39 is 18.2 Å². The topological polar surface area (TPSA) is 188 Å². The summed E-state index contributed by atoms with van der Waals surface area (Å²) in [4.78, 5) is 76.5. The molecule has 62 heavy (non-hydrogen) atoms. The molecule has 318 valence electrons. The Morgan fingerprint density at radius 1 is 0.774 bits per heavy atom. The number of nitrogens with one attached hydrogen (secondary N) is 4. The molecule has 9 rings (SSSR count). The predicted octanol–water partition coefficient (Wildman–Crippen LogP) is 6.65. The van der Waals surface area contributed by atoms with Crippen molar-refractivity contribution in [3.8, 4) is 33.8 Å². The number of carbonyl (C=O) groups excluding carboxylic acids is 4. The van der Waals surface area contributed by atoms with Crippen LogP contribution >= 0.6 is 0 Å². The maximum absolute atomic E-state index is 14.0. The lowest BCUT2D eigenvalue weighted by molar-refractivity contribution is -0.137. The molecule has 3 aliphatic rings. The van der Waals surface area contributed by atoms with Gasteiger partial charge in [-0.1, -0.05) is 66.7 Å². The van der Waals surface area contributed by atoms with Gasteiger partial charge in [0, 0.05) is 42.8 Å². The van der Waals surface area contributed by atoms with Crippen molar-refractivity contribution in [3.63, 3.8) is 0 Å². The van der Waals surface area contributed by atoms with Gasteiger partial charge in [-0.15, -0.1) is 0 Å². The molecule has 4 amide bonds. The zero-order valence-corrected chi connectivity index (χ0v) is 34.5. The number of fused-ring (bicyclic) bond motifs is 1. The standard InChI is InChI=1S/C47H49N9O6/c1-61-47(60)54-42(32-19-23-62-24-20-32)46(59)56-22-6-10-40(56)43-48-26-37(52-43)30-13-11-29(12-14-30)35-17-15-33-25-34(16-18-36(33)51-35)38-27-49-44(53-38)39-9-5-21-55(39)45(58)41(50-28-57)31-7-3-2-4-8-31/h2-4,7-8,11-18,25-28,32,39-42H,5-6,9-10,19-24H2,1H3,(H,48,52)(H,49,53)(H,50,57)(H,54,60)/t39-,40-,41+,42-/m0/s1. The van der Waals surface area contributed by atoms with Crippen LogP contribution < -0.4 is 10.6 Å². The van der Waals surface area contributed by atoms with Gasteiger partial charge in [0.2, 0.25) is 18.2 Å². The third-order valence-corrected chi connectivity index (χ3v) is 12.5. The first-order chi connectivity index (χ1) is 30.4. The van der Waals surface area contributed by atoms with Crippen molar-refractivity contribution in [2.45, 2.75) is 62.7 Å². The van der Waals surface area contributed by atoms with Crippen LogP contribution in [0, 0.1) is 5.92 Å². The number of H-pyrrole nitrogens is 2. The Hall–Kier alpha value is -6.87. The molecule has 6 heterocycles. The lowest BCUT2D eigenvalue weighted by Crippen LogP contribution is -2.53. The van der Waals surface area contributed by atoms with Crippen molar-refractivity contribution >= 4 is 35.2 Å². The van der Waals surface area contributed by atoms with Gasteiger partial charge in [0.25, 0.3) is 0 Å². The van der Waals surface area contributed by atoms with E-state index in [-0.39, 0.29) is 29.8 Å². The van der Waals surface area contributed by atoms with Crippen LogP contribution in [0.2, 0.25) is 0 Å². The summed E-state index contributed by atoms with van der Waals surface area (Å²) < 4.78 is 10.4. The fraction of sp³-hybridized carbons (Fsp3) is 0.340. The molecule has 0 spiro atoms. The molecule has 3 saturated heterocycles. The molecule has 15 heteroatoms. The number of carbonyl (C=O) groups is 4. The highest BCUT2D eigenvalue weighted by atomic mass is 16.5. The Morgan fingerprint density at radius 3 is 2.06 bits per heavy atom. The minimum absolute atomic E-state index is 0.0315. The number of likely N-dealkylation sites (tertiary alicyclic amines) is 2. The van der Waals surface area contributed by atoms with E-state index in [1.54, 1.807) is 12.4 Å². The molecule has 3 aromatic heterocycles. The number of methoxy groups -OCH3 is 1. The number of hydrogen-bond donors (Lipinski definition) is 4. The van der Waals surface area contributed by atoms with Gasteiger partial charge in [-0.05, 0) is 73.8 Å². The maximum atomic E-state index is 14.0. The number of ether oxygens (including phenoxy) is 2. The summed E-state index contributed by atoms with van der Waals surface area (Å²) in [7, 11) is 1.31. The van der Waals surface area contributed by atoms with E-state index in [4.69, 9.17) is 24.4 Å². The van der Waals surface area contributed by atoms with Crippen molar-refractivity contribution in [2.24, 2.45) is 5.92 Å². The average Bonchev–Trinajstić information content (AvgIpc) is 4.17. The first-order valence-corrected chi connectivity index (χ1v) is 21.3. The average molecular weight is 836 g/mol. The summed E-state index contributed by atoms with van der Waals surface area (Å²) >= 11 is 0. The van der Waals surface area contributed by atoms with E-state index in [0.717, 1.165) is 81.7 Å². The fourth-order valence-electron chi connectivity index (χ4n) is 9.19. The van der Waals surface area contributed by atoms with Gasteiger partial charge in [0.05, 0.1) is 54.2 Å². The molecular weight excluding hydrogens is 787 g/mol. The second-order valence-electron chi connectivity index (χ2n) is 16.1. The fourth-order valence-corrected chi connectivity index (χ4v) is 9.19. The van der Waals surface area contributed by atoms with Gasteiger partial charge in [-0.25, -0.2) is 19.7 Å². The minimum atomic E-state index is -0.765. The molecular formula is C47H49N9O6. The summed E-state index contributed by atoms with van der Waals surface area (Å²) in [6.07, 6.45) is 8.18. The van der Waals surface area contributed by atoms with Crippen LogP contribution in [0.3, 0.4) is 0 Å². The molecule has 0 saturated carbocycles. The second kappa shape index (κ2) is 18.0. The van der Waals surface area contributed by atoms with Crippen LogP contribution in [-0.4, -0.2) is 98.5 Å². The first-order valence-electron chi connectivity index (χ1n) is 21.3. The summed E-state index contributed by atoms with van der Waals surface area (Å²) in [5.41, 5.74) is 7.00. The van der Waals surface area contributed by atoms with Crippen molar-refractivity contribution in [1.82, 2.24) is 45.4 Å². The molecule has 0 aliphatic carbocycles. The highest BCUT2D eigenvalue weighted by Gasteiger charge is 2.40. The van der Waals surface area contributed by atoms with Crippen LogP contribution in [0.25, 0.3) is 44.7 Å². The molecule has 3 aliphatic heterocycles. The largest absolute Gasteiger partial charge is 0.453 e. The normalized spacial score (nSPS) is 19.0. The minimum Gasteiger partial charge on any atom is -0.453 e. The quantitative estimate of drug-likeness (QED) is 0.0980.